The van der Waals surface area contributed by atoms with E-state index in [0.29, 0.717) is 77.5 Å². The number of imide groups is 2. The zero-order valence-electron chi connectivity index (χ0n) is 50.2. The molecule has 0 radical (unpaired) electrons. The molecule has 0 saturated carbocycles. The Bertz CT molecular complexity index is 4050. The molecule has 0 N–H and O–H groups in total. The summed E-state index contributed by atoms with van der Waals surface area (Å²) in [7, 11) is 0. The molecule has 12 heteroatoms. The van der Waals surface area contributed by atoms with Gasteiger partial charge in [0.15, 0.2) is 0 Å². The molecule has 0 spiro atoms. The van der Waals surface area contributed by atoms with Gasteiger partial charge >= 0.3 is 0 Å². The summed E-state index contributed by atoms with van der Waals surface area (Å²) >= 11 is 0. The number of amides is 4. The fraction of sp³-hybridized carbons (Fsp3) is 0.216. The van der Waals surface area contributed by atoms with Gasteiger partial charge in [-0.05, 0) is 141 Å². The molecular formula is C74H64N4O8. The quantitative estimate of drug-likeness (QED) is 0.0739. The number of hydrogen-bond donors (Lipinski definition) is 0. The standard InChI is InChI=1S/C74H64N4O8/c1-71(2,3)41-13-21-47(22-14-41)83-55-37-51-59-52(68(80)77(67(51)79)45-29-33-75-34-30-45)39-57(85-49-25-17-43(18-26-49)73(7,8)9)63-64-58(86-50-27-19-44(20-28-50)74(10,11)12)40-54-60-53(69(81)78(70(54)82)46-31-35-76-36-32-46)38-56(62(66(60)64)61(55)65(59)63)84-48-23-15-42(16-24-48)72(4,5)6/h13-40H,1-12H3. The van der Waals surface area contributed by atoms with E-state index in [-0.39, 0.29) is 66.9 Å². The van der Waals surface area contributed by atoms with E-state index < -0.39 is 23.6 Å². The molecule has 4 amide bonds. The summed E-state index contributed by atoms with van der Waals surface area (Å²) in [5, 5.41) is 3.17. The van der Waals surface area contributed by atoms with E-state index in [0.717, 1.165) is 32.1 Å². The highest BCUT2D eigenvalue weighted by Crippen LogP contribution is 2.58. The van der Waals surface area contributed by atoms with E-state index in [2.05, 4.69) is 93.1 Å². The second kappa shape index (κ2) is 19.8. The number of fused-ring (bicyclic) bond motifs is 2. The maximum atomic E-state index is 15.7. The SMILES string of the molecule is CC(C)(C)c1ccc(Oc2cc3c4c(cc(Oc5ccc(C(C)(C)C)cc5)c5c6c(Oc7ccc(C(C)(C)C)cc7)cc7c8c(cc(Oc9ccc(C(C)(C)C)cc9)c(c2c45)c86)C(=O)N(c2ccncc2)C7=O)C(=O)N(c2ccncc2)C3=O)cc1. The van der Waals surface area contributed by atoms with Crippen LogP contribution in [0.25, 0.3) is 43.1 Å². The minimum absolute atomic E-state index is 0.173. The van der Waals surface area contributed by atoms with Gasteiger partial charge in [0, 0.05) is 67.9 Å². The topological polar surface area (TPSA) is 137 Å². The molecule has 86 heavy (non-hydrogen) atoms. The van der Waals surface area contributed by atoms with Gasteiger partial charge in [-0.3, -0.25) is 29.1 Å². The van der Waals surface area contributed by atoms with Gasteiger partial charge in [0.2, 0.25) is 0 Å². The zero-order valence-corrected chi connectivity index (χ0v) is 50.2. The van der Waals surface area contributed by atoms with Crippen molar-refractivity contribution in [2.75, 3.05) is 9.80 Å². The fourth-order valence-corrected chi connectivity index (χ4v) is 11.9. The number of rotatable bonds is 10. The molecule has 2 aliphatic rings. The molecule has 0 saturated heterocycles. The lowest BCUT2D eigenvalue weighted by molar-refractivity contribution is 0.0877. The second-order valence-corrected chi connectivity index (χ2v) is 26.5. The number of nitrogens with zero attached hydrogens (tertiary/aromatic N) is 4. The van der Waals surface area contributed by atoms with Crippen LogP contribution in [-0.4, -0.2) is 33.6 Å². The molecule has 428 valence electrons. The Balaban J connectivity index is 1.24. The lowest BCUT2D eigenvalue weighted by Crippen LogP contribution is -2.40. The van der Waals surface area contributed by atoms with E-state index in [9.17, 15) is 0 Å². The number of hydrogen-bond acceptors (Lipinski definition) is 10. The van der Waals surface area contributed by atoms with Crippen molar-refractivity contribution in [1.29, 1.82) is 0 Å². The molecular weight excluding hydrogens is 1070 g/mol. The Hall–Kier alpha value is -9.94. The summed E-state index contributed by atoms with van der Waals surface area (Å²) in [5.74, 6) is 0.306. The monoisotopic (exact) mass is 1140 g/mol. The average Bonchev–Trinajstić information content (AvgIpc) is 0.690. The second-order valence-electron chi connectivity index (χ2n) is 26.5. The Morgan fingerprint density at radius 1 is 0.279 bits per heavy atom. The zero-order chi connectivity index (χ0) is 60.5. The summed E-state index contributed by atoms with van der Waals surface area (Å²) < 4.78 is 28.9. The number of pyridine rings is 2. The molecule has 0 fully saturated rings. The Kier molecular flexibility index (Phi) is 12.7. The average molecular weight is 1140 g/mol. The molecule has 9 aromatic carbocycles. The largest absolute Gasteiger partial charge is 0.457 e. The first-order valence-electron chi connectivity index (χ1n) is 28.9. The van der Waals surface area contributed by atoms with Crippen LogP contribution in [0.2, 0.25) is 0 Å². The third-order valence-corrected chi connectivity index (χ3v) is 16.5. The molecule has 0 bridgehead atoms. The van der Waals surface area contributed by atoms with Gasteiger partial charge in [-0.2, -0.15) is 0 Å². The van der Waals surface area contributed by atoms with Crippen LogP contribution in [0.4, 0.5) is 11.4 Å². The predicted octanol–water partition coefficient (Wildman–Crippen LogP) is 18.5. The van der Waals surface area contributed by atoms with E-state index in [1.54, 1.807) is 48.5 Å². The highest BCUT2D eigenvalue weighted by molar-refractivity contribution is 6.48. The lowest BCUT2D eigenvalue weighted by Gasteiger charge is -2.32. The Morgan fingerprint density at radius 2 is 0.488 bits per heavy atom. The molecule has 0 aliphatic carbocycles. The Morgan fingerprint density at radius 3 is 0.686 bits per heavy atom. The molecule has 12 nitrogen and oxygen atoms in total. The first kappa shape index (κ1) is 55.3. The van der Waals surface area contributed by atoms with Gasteiger partial charge < -0.3 is 18.9 Å². The first-order valence-corrected chi connectivity index (χ1v) is 28.9. The molecule has 2 aliphatic heterocycles. The van der Waals surface area contributed by atoms with Gasteiger partial charge in [-0.25, -0.2) is 9.80 Å². The number of anilines is 2. The number of benzene rings is 9. The van der Waals surface area contributed by atoms with E-state index in [4.69, 9.17) is 18.9 Å². The van der Waals surface area contributed by atoms with Crippen molar-refractivity contribution in [1.82, 2.24) is 9.97 Å². The van der Waals surface area contributed by atoms with Gasteiger partial charge in [0.1, 0.15) is 46.0 Å². The van der Waals surface area contributed by atoms with E-state index in [1.807, 2.05) is 97.1 Å². The van der Waals surface area contributed by atoms with Crippen LogP contribution in [0, 0.1) is 0 Å². The van der Waals surface area contributed by atoms with Gasteiger partial charge in [0.05, 0.1) is 33.6 Å². The third-order valence-electron chi connectivity index (χ3n) is 16.5. The molecule has 0 unspecified atom stereocenters. The highest BCUT2D eigenvalue weighted by atomic mass is 16.5. The van der Waals surface area contributed by atoms with Crippen LogP contribution in [0.5, 0.6) is 46.0 Å². The van der Waals surface area contributed by atoms with Crippen LogP contribution in [0.15, 0.2) is 170 Å². The van der Waals surface area contributed by atoms with Crippen molar-refractivity contribution in [3.05, 3.63) is 215 Å². The Labute approximate surface area is 499 Å². The number of carbonyl (C=O) groups is 4. The summed E-state index contributed by atoms with van der Waals surface area (Å²) in [6.45, 7) is 25.6. The van der Waals surface area contributed by atoms with Crippen LogP contribution in [0.1, 0.15) is 147 Å². The van der Waals surface area contributed by atoms with E-state index in [1.165, 1.54) is 24.8 Å². The van der Waals surface area contributed by atoms with Crippen LogP contribution in [-0.2, 0) is 21.7 Å². The lowest BCUT2D eigenvalue weighted by atomic mass is 9.80. The maximum absolute atomic E-state index is 15.7. The fourth-order valence-electron chi connectivity index (χ4n) is 11.9. The van der Waals surface area contributed by atoms with Crippen molar-refractivity contribution in [3.63, 3.8) is 0 Å². The maximum Gasteiger partial charge on any atom is 0.266 e. The summed E-state index contributed by atoms with van der Waals surface area (Å²) in [6.07, 6.45) is 6.14. The first-order chi connectivity index (χ1) is 40.8. The van der Waals surface area contributed by atoms with Crippen molar-refractivity contribution >= 4 is 78.1 Å². The molecule has 0 atom stereocenters. The molecule has 4 heterocycles. The highest BCUT2D eigenvalue weighted by Gasteiger charge is 2.42. The van der Waals surface area contributed by atoms with E-state index >= 15 is 19.2 Å². The van der Waals surface area contributed by atoms with Gasteiger partial charge in [-0.1, -0.05) is 132 Å². The van der Waals surface area contributed by atoms with Crippen molar-refractivity contribution < 1.29 is 38.1 Å². The smallest absolute Gasteiger partial charge is 0.266 e. The third kappa shape index (κ3) is 9.31. The van der Waals surface area contributed by atoms with Gasteiger partial charge in [0.25, 0.3) is 23.6 Å². The predicted molar refractivity (Wildman–Crippen MR) is 339 cm³/mol. The van der Waals surface area contributed by atoms with Crippen molar-refractivity contribution in [2.24, 2.45) is 0 Å². The van der Waals surface area contributed by atoms with Crippen LogP contribution < -0.4 is 28.7 Å². The summed E-state index contributed by atoms with van der Waals surface area (Å²) in [5.41, 5.74) is 4.87. The van der Waals surface area contributed by atoms with Crippen molar-refractivity contribution in [3.8, 4) is 46.0 Å². The van der Waals surface area contributed by atoms with Crippen LogP contribution >= 0.6 is 0 Å². The number of aromatic nitrogens is 2. The number of ether oxygens (including phenoxy) is 4. The minimum atomic E-state index is -0.597. The summed E-state index contributed by atoms with van der Waals surface area (Å²) in [6, 6.07) is 44.5. The van der Waals surface area contributed by atoms with Gasteiger partial charge in [-0.15, -0.1) is 0 Å². The minimum Gasteiger partial charge on any atom is -0.457 e. The number of carbonyl (C=O) groups excluding carboxylic acids is 4. The van der Waals surface area contributed by atoms with Crippen LogP contribution in [0.3, 0.4) is 0 Å². The molecule has 13 rings (SSSR count). The molecule has 11 aromatic rings. The van der Waals surface area contributed by atoms with Crippen molar-refractivity contribution in [2.45, 2.75) is 105 Å². The normalized spacial score (nSPS) is 13.9. The molecule has 2 aromatic heterocycles. The summed E-state index contributed by atoms with van der Waals surface area (Å²) in [4.78, 5) is 73.4.